The Bertz CT molecular complexity index is 841. The Labute approximate surface area is 172 Å². The SMILES string of the molecule is Cc1cccc(N2C(=O)[C@@H]3[C@H](C2=O)[C@@]2(Cl)C(Cl)=C(Cl)[C@@]3(Cl)C2(Cl)Cl)n1. The second kappa shape index (κ2) is 5.18. The summed E-state index contributed by atoms with van der Waals surface area (Å²) in [5, 5.41) is -0.227. The minimum absolute atomic E-state index is 0.114. The van der Waals surface area contributed by atoms with Crippen molar-refractivity contribution in [2.75, 3.05) is 4.90 Å². The maximum atomic E-state index is 13.1. The molecule has 2 bridgehead atoms. The number of rotatable bonds is 1. The lowest BCUT2D eigenvalue weighted by molar-refractivity contribution is -0.123. The fourth-order valence-electron chi connectivity index (χ4n) is 3.87. The Kier molecular flexibility index (Phi) is 3.76. The van der Waals surface area contributed by atoms with Gasteiger partial charge in [-0.2, -0.15) is 0 Å². The summed E-state index contributed by atoms with van der Waals surface area (Å²) in [5.74, 6) is -3.35. The fourth-order valence-corrected chi connectivity index (χ4v) is 6.80. The molecule has 10 heteroatoms. The molecule has 0 spiro atoms. The number of hydrogen-bond acceptors (Lipinski definition) is 3. The first-order chi connectivity index (χ1) is 11.5. The van der Waals surface area contributed by atoms with Crippen molar-refractivity contribution in [2.45, 2.75) is 21.0 Å². The van der Waals surface area contributed by atoms with Crippen LogP contribution in [0.2, 0.25) is 0 Å². The molecule has 0 radical (unpaired) electrons. The van der Waals surface area contributed by atoms with Gasteiger partial charge in [-0.25, -0.2) is 9.88 Å². The predicted molar refractivity (Wildman–Crippen MR) is 98.8 cm³/mol. The quantitative estimate of drug-likeness (QED) is 0.462. The lowest BCUT2D eigenvalue weighted by atomic mass is 9.84. The van der Waals surface area contributed by atoms with Gasteiger partial charge in [-0.15, -0.1) is 23.2 Å². The molecule has 0 unspecified atom stereocenters. The Morgan fingerprint density at radius 3 is 1.88 bits per heavy atom. The van der Waals surface area contributed by atoms with E-state index >= 15 is 0 Å². The highest BCUT2D eigenvalue weighted by Gasteiger charge is 2.87. The molecule has 0 aromatic carbocycles. The smallest absolute Gasteiger partial charge is 0.241 e. The molecule has 1 saturated heterocycles. The van der Waals surface area contributed by atoms with Gasteiger partial charge in [0.1, 0.15) is 15.6 Å². The molecule has 25 heavy (non-hydrogen) atoms. The number of aromatic nitrogens is 1. The summed E-state index contributed by atoms with van der Waals surface area (Å²) in [6.45, 7) is 1.74. The molecular weight excluding hydrogens is 453 g/mol. The summed E-state index contributed by atoms with van der Waals surface area (Å²) < 4.78 is -1.93. The van der Waals surface area contributed by atoms with Crippen LogP contribution in [-0.4, -0.2) is 30.9 Å². The van der Waals surface area contributed by atoms with Crippen LogP contribution in [-0.2, 0) is 9.59 Å². The third-order valence-electron chi connectivity index (χ3n) is 5.01. The Hall–Kier alpha value is -0.230. The maximum Gasteiger partial charge on any atom is 0.241 e. The highest BCUT2D eigenvalue weighted by atomic mass is 35.5. The number of carbonyl (C=O) groups is 2. The number of imide groups is 1. The number of pyridine rings is 1. The van der Waals surface area contributed by atoms with Gasteiger partial charge in [0.15, 0.2) is 4.33 Å². The van der Waals surface area contributed by atoms with Crippen molar-refractivity contribution in [3.63, 3.8) is 0 Å². The largest absolute Gasteiger partial charge is 0.274 e. The highest BCUT2D eigenvalue weighted by Crippen LogP contribution is 2.77. The summed E-state index contributed by atoms with van der Waals surface area (Å²) in [6, 6.07) is 4.96. The summed E-state index contributed by atoms with van der Waals surface area (Å²) in [5.41, 5.74) is 0.637. The van der Waals surface area contributed by atoms with Gasteiger partial charge in [-0.3, -0.25) is 9.59 Å². The molecule has 4 nitrogen and oxygen atoms in total. The topological polar surface area (TPSA) is 50.3 Å². The minimum Gasteiger partial charge on any atom is -0.274 e. The second-order valence-electron chi connectivity index (χ2n) is 6.23. The number of anilines is 1. The van der Waals surface area contributed by atoms with Crippen LogP contribution in [0.5, 0.6) is 0 Å². The monoisotopic (exact) mass is 458 g/mol. The molecule has 2 fully saturated rings. The molecule has 1 saturated carbocycles. The molecule has 1 aliphatic heterocycles. The molecule has 2 amide bonds. The van der Waals surface area contributed by atoms with Crippen molar-refractivity contribution >= 4 is 87.2 Å². The van der Waals surface area contributed by atoms with Gasteiger partial charge in [0.2, 0.25) is 11.8 Å². The van der Waals surface area contributed by atoms with Crippen LogP contribution in [0.15, 0.2) is 28.3 Å². The Balaban J connectivity index is 1.92. The molecular formula is C15H8Cl6N2O2. The van der Waals surface area contributed by atoms with Crippen LogP contribution in [0.4, 0.5) is 5.82 Å². The first-order valence-electron chi connectivity index (χ1n) is 7.14. The third kappa shape index (κ3) is 1.77. The number of hydrogen-bond donors (Lipinski definition) is 0. The molecule has 4 rings (SSSR count). The standard InChI is InChI=1S/C15H8Cl6N2O2/c1-5-3-2-4-6(22-5)23-11(24)7-8(12(23)25)14(19)10(17)9(16)13(7,18)15(14,20)21/h2-4,7-8H,1H3/t7-,8+,13-,14-/m1/s1. The highest BCUT2D eigenvalue weighted by molar-refractivity contribution is 6.67. The van der Waals surface area contributed by atoms with Crippen molar-refractivity contribution in [3.8, 4) is 0 Å². The average molecular weight is 461 g/mol. The lowest BCUT2D eigenvalue weighted by Gasteiger charge is -2.34. The summed E-state index contributed by atoms with van der Waals surface area (Å²) in [6.07, 6.45) is 0. The van der Waals surface area contributed by atoms with Gasteiger partial charge >= 0.3 is 0 Å². The van der Waals surface area contributed by atoms with E-state index in [1.807, 2.05) is 0 Å². The number of nitrogens with zero attached hydrogens (tertiary/aromatic N) is 2. The molecule has 2 heterocycles. The van der Waals surface area contributed by atoms with E-state index in [1.165, 1.54) is 0 Å². The number of allylic oxidation sites excluding steroid dienone is 2. The van der Waals surface area contributed by atoms with Crippen molar-refractivity contribution in [1.82, 2.24) is 4.98 Å². The predicted octanol–water partition coefficient (Wildman–Crippen LogP) is 4.34. The number of carbonyl (C=O) groups excluding carboxylic acids is 2. The maximum absolute atomic E-state index is 13.1. The van der Waals surface area contributed by atoms with E-state index in [2.05, 4.69) is 4.98 Å². The number of halogens is 6. The van der Waals surface area contributed by atoms with E-state index < -0.39 is 37.7 Å². The van der Waals surface area contributed by atoms with E-state index in [0.29, 0.717) is 5.69 Å². The van der Waals surface area contributed by atoms with Crippen LogP contribution in [0.1, 0.15) is 5.69 Å². The molecule has 4 atom stereocenters. The van der Waals surface area contributed by atoms with Crippen LogP contribution in [0.3, 0.4) is 0 Å². The van der Waals surface area contributed by atoms with Gasteiger partial charge in [0.05, 0.1) is 21.9 Å². The fraction of sp³-hybridized carbons (Fsp3) is 0.400. The van der Waals surface area contributed by atoms with Crippen LogP contribution < -0.4 is 4.90 Å². The van der Waals surface area contributed by atoms with Crippen LogP contribution in [0, 0.1) is 18.8 Å². The normalized spacial score (nSPS) is 38.8. The zero-order valence-electron chi connectivity index (χ0n) is 12.4. The van der Waals surface area contributed by atoms with Crippen LogP contribution in [0.25, 0.3) is 0 Å². The van der Waals surface area contributed by atoms with E-state index in [0.717, 1.165) is 4.90 Å². The van der Waals surface area contributed by atoms with Crippen molar-refractivity contribution in [1.29, 1.82) is 0 Å². The average Bonchev–Trinajstić information content (AvgIpc) is 2.92. The van der Waals surface area contributed by atoms with Crippen LogP contribution >= 0.6 is 69.6 Å². The van der Waals surface area contributed by atoms with Crippen molar-refractivity contribution < 1.29 is 9.59 Å². The number of aryl methyl sites for hydroxylation is 1. The van der Waals surface area contributed by atoms with Gasteiger partial charge in [-0.1, -0.05) is 52.5 Å². The number of amides is 2. The van der Waals surface area contributed by atoms with E-state index in [4.69, 9.17) is 69.6 Å². The zero-order valence-corrected chi connectivity index (χ0v) is 16.9. The molecule has 132 valence electrons. The minimum atomic E-state index is -1.93. The van der Waals surface area contributed by atoms with Crippen molar-refractivity contribution in [3.05, 3.63) is 34.0 Å². The van der Waals surface area contributed by atoms with Gasteiger partial charge < -0.3 is 0 Å². The molecule has 2 aliphatic carbocycles. The Morgan fingerprint density at radius 2 is 1.44 bits per heavy atom. The molecule has 1 aromatic rings. The lowest BCUT2D eigenvalue weighted by Crippen LogP contribution is -2.50. The summed E-state index contributed by atoms with van der Waals surface area (Å²) in [4.78, 5) is 27.7. The first kappa shape index (κ1) is 18.1. The van der Waals surface area contributed by atoms with E-state index in [9.17, 15) is 9.59 Å². The first-order valence-corrected chi connectivity index (χ1v) is 9.41. The number of fused-ring (bicyclic) bond motifs is 5. The second-order valence-corrected chi connectivity index (χ2v) is 9.51. The van der Waals surface area contributed by atoms with E-state index in [-0.39, 0.29) is 15.9 Å². The van der Waals surface area contributed by atoms with Gasteiger partial charge in [-0.05, 0) is 19.1 Å². The Morgan fingerprint density at radius 1 is 0.960 bits per heavy atom. The summed E-state index contributed by atoms with van der Waals surface area (Å²) >= 11 is 38.5. The summed E-state index contributed by atoms with van der Waals surface area (Å²) in [7, 11) is 0. The van der Waals surface area contributed by atoms with Gasteiger partial charge in [0.25, 0.3) is 0 Å². The molecule has 0 N–H and O–H groups in total. The van der Waals surface area contributed by atoms with Crippen molar-refractivity contribution in [2.24, 2.45) is 11.8 Å². The number of alkyl halides is 4. The third-order valence-corrected chi connectivity index (χ3v) is 9.27. The van der Waals surface area contributed by atoms with E-state index in [1.54, 1.807) is 25.1 Å². The zero-order chi connectivity index (χ0) is 18.5. The molecule has 3 aliphatic rings. The molecule has 1 aromatic heterocycles. The van der Waals surface area contributed by atoms with Gasteiger partial charge in [0, 0.05) is 5.69 Å².